The van der Waals surface area contributed by atoms with Crippen molar-refractivity contribution in [3.05, 3.63) is 30.3 Å². The van der Waals surface area contributed by atoms with Gasteiger partial charge in [0.15, 0.2) is 0 Å². The highest BCUT2D eigenvalue weighted by atomic mass is 16.5. The summed E-state index contributed by atoms with van der Waals surface area (Å²) in [5, 5.41) is 14.4. The summed E-state index contributed by atoms with van der Waals surface area (Å²) in [5.74, 6) is 0. The molecule has 6 nitrogen and oxygen atoms in total. The summed E-state index contributed by atoms with van der Waals surface area (Å²) in [6, 6.07) is 10.0. The molecule has 2 rings (SSSR count). The number of rotatable bonds is 5. The topological polar surface area (TPSA) is 64.9 Å². The van der Waals surface area contributed by atoms with Gasteiger partial charge >= 0.3 is 6.01 Å². The van der Waals surface area contributed by atoms with Gasteiger partial charge in [0.1, 0.15) is 6.10 Å². The zero-order chi connectivity index (χ0) is 12.1. The summed E-state index contributed by atoms with van der Waals surface area (Å²) >= 11 is 0. The number of hydrogen-bond donors (Lipinski definition) is 1. The molecule has 90 valence electrons. The van der Waals surface area contributed by atoms with E-state index in [2.05, 4.69) is 20.8 Å². The van der Waals surface area contributed by atoms with Gasteiger partial charge in [-0.1, -0.05) is 23.3 Å². The van der Waals surface area contributed by atoms with Crippen LogP contribution >= 0.6 is 0 Å². The molecule has 0 aliphatic carbocycles. The number of tetrazole rings is 1. The molecule has 1 aromatic carbocycles. The van der Waals surface area contributed by atoms with Gasteiger partial charge < -0.3 is 10.1 Å². The van der Waals surface area contributed by atoms with Crippen molar-refractivity contribution < 1.29 is 4.74 Å². The molecule has 6 heteroatoms. The fourth-order valence-electron chi connectivity index (χ4n) is 1.49. The van der Waals surface area contributed by atoms with Crippen molar-refractivity contribution in [2.75, 3.05) is 13.6 Å². The van der Waals surface area contributed by atoms with Crippen molar-refractivity contribution in [1.29, 1.82) is 0 Å². The Balaban J connectivity index is 2.18. The van der Waals surface area contributed by atoms with Gasteiger partial charge in [-0.25, -0.2) is 0 Å². The van der Waals surface area contributed by atoms with Crippen molar-refractivity contribution in [1.82, 2.24) is 25.5 Å². The lowest BCUT2D eigenvalue weighted by molar-refractivity contribution is 0.197. The Morgan fingerprint density at radius 2 is 2.12 bits per heavy atom. The molecule has 0 spiro atoms. The van der Waals surface area contributed by atoms with E-state index in [1.165, 1.54) is 0 Å². The number of likely N-dealkylation sites (N-methyl/N-ethyl adjacent to an activating group) is 1. The Kier molecular flexibility index (Phi) is 3.66. The van der Waals surface area contributed by atoms with E-state index < -0.39 is 0 Å². The lowest BCUT2D eigenvalue weighted by Crippen LogP contribution is -2.27. The van der Waals surface area contributed by atoms with Crippen LogP contribution < -0.4 is 10.1 Å². The maximum atomic E-state index is 5.64. The minimum Gasteiger partial charge on any atom is -0.458 e. The van der Waals surface area contributed by atoms with E-state index in [1.807, 2.05) is 44.3 Å². The van der Waals surface area contributed by atoms with Gasteiger partial charge in [-0.05, 0) is 36.5 Å². The zero-order valence-electron chi connectivity index (χ0n) is 9.87. The first kappa shape index (κ1) is 11.5. The van der Waals surface area contributed by atoms with Crippen molar-refractivity contribution in [3.8, 4) is 11.7 Å². The van der Waals surface area contributed by atoms with Crippen LogP contribution in [0.5, 0.6) is 6.01 Å². The molecule has 1 N–H and O–H groups in total. The van der Waals surface area contributed by atoms with Crippen LogP contribution in [0.3, 0.4) is 0 Å². The van der Waals surface area contributed by atoms with Crippen LogP contribution in [-0.2, 0) is 0 Å². The molecule has 2 aromatic rings. The average Bonchev–Trinajstić information content (AvgIpc) is 2.78. The lowest BCUT2D eigenvalue weighted by Gasteiger charge is -2.12. The van der Waals surface area contributed by atoms with Crippen molar-refractivity contribution >= 4 is 0 Å². The van der Waals surface area contributed by atoms with Crippen LogP contribution in [0.25, 0.3) is 5.69 Å². The van der Waals surface area contributed by atoms with Crippen LogP contribution in [0.15, 0.2) is 30.3 Å². The normalized spacial score (nSPS) is 12.4. The predicted octanol–water partition coefficient (Wildman–Crippen LogP) is 0.649. The SMILES string of the molecule is CNCC(C)Oc1nnnn1-c1ccccc1. The van der Waals surface area contributed by atoms with Gasteiger partial charge in [0, 0.05) is 6.54 Å². The molecule has 0 aliphatic rings. The van der Waals surface area contributed by atoms with Gasteiger partial charge in [-0.2, -0.15) is 4.68 Å². The molecule has 0 aliphatic heterocycles. The molecule has 0 amide bonds. The van der Waals surface area contributed by atoms with E-state index in [-0.39, 0.29) is 6.10 Å². The smallest absolute Gasteiger partial charge is 0.340 e. The molecule has 0 saturated carbocycles. The summed E-state index contributed by atoms with van der Waals surface area (Å²) in [7, 11) is 1.88. The summed E-state index contributed by atoms with van der Waals surface area (Å²) < 4.78 is 7.22. The molecule has 0 saturated heterocycles. The number of aromatic nitrogens is 4. The van der Waals surface area contributed by atoms with E-state index >= 15 is 0 Å². The third-order valence-electron chi connectivity index (χ3n) is 2.24. The molecule has 0 fully saturated rings. The quantitative estimate of drug-likeness (QED) is 0.821. The predicted molar refractivity (Wildman–Crippen MR) is 63.2 cm³/mol. The van der Waals surface area contributed by atoms with Crippen LogP contribution in [0.4, 0.5) is 0 Å². The van der Waals surface area contributed by atoms with E-state index in [0.717, 1.165) is 12.2 Å². The Bertz CT molecular complexity index is 456. The minimum absolute atomic E-state index is 0.00784. The second-order valence-corrected chi connectivity index (χ2v) is 3.69. The first-order chi connectivity index (χ1) is 8.31. The second kappa shape index (κ2) is 5.40. The lowest BCUT2D eigenvalue weighted by atomic mass is 10.3. The Morgan fingerprint density at radius 3 is 2.82 bits per heavy atom. The largest absolute Gasteiger partial charge is 0.458 e. The molecule has 1 atom stereocenters. The van der Waals surface area contributed by atoms with E-state index in [9.17, 15) is 0 Å². The van der Waals surface area contributed by atoms with Crippen LogP contribution in [0.2, 0.25) is 0 Å². The van der Waals surface area contributed by atoms with Gasteiger partial charge in [0.2, 0.25) is 0 Å². The molecular formula is C11H15N5O. The van der Waals surface area contributed by atoms with Crippen LogP contribution in [0.1, 0.15) is 6.92 Å². The third-order valence-corrected chi connectivity index (χ3v) is 2.24. The number of hydrogen-bond acceptors (Lipinski definition) is 5. The first-order valence-electron chi connectivity index (χ1n) is 5.46. The molecule has 1 unspecified atom stereocenters. The third kappa shape index (κ3) is 2.79. The van der Waals surface area contributed by atoms with Gasteiger partial charge in [0.05, 0.1) is 5.69 Å². The van der Waals surface area contributed by atoms with E-state index in [4.69, 9.17) is 4.74 Å². The Morgan fingerprint density at radius 1 is 1.35 bits per heavy atom. The summed E-state index contributed by atoms with van der Waals surface area (Å²) in [6.07, 6.45) is 0.00784. The number of benzene rings is 1. The monoisotopic (exact) mass is 233 g/mol. The highest BCUT2D eigenvalue weighted by Gasteiger charge is 2.12. The fraction of sp³-hybridized carbons (Fsp3) is 0.364. The maximum absolute atomic E-state index is 5.64. The fourth-order valence-corrected chi connectivity index (χ4v) is 1.49. The highest BCUT2D eigenvalue weighted by molar-refractivity contribution is 5.31. The zero-order valence-corrected chi connectivity index (χ0v) is 9.87. The standard InChI is InChI=1S/C11H15N5O/c1-9(8-12-2)17-11-13-14-15-16(11)10-6-4-3-5-7-10/h3-7,9,12H,8H2,1-2H3. The molecule has 0 radical (unpaired) electrons. The number of para-hydroxylation sites is 1. The van der Waals surface area contributed by atoms with E-state index in [1.54, 1.807) is 4.68 Å². The summed E-state index contributed by atoms with van der Waals surface area (Å²) in [6.45, 7) is 2.70. The molecular weight excluding hydrogens is 218 g/mol. The second-order valence-electron chi connectivity index (χ2n) is 3.69. The summed E-state index contributed by atoms with van der Waals surface area (Å²) in [5.41, 5.74) is 0.879. The van der Waals surface area contributed by atoms with Crippen LogP contribution in [-0.4, -0.2) is 39.9 Å². The first-order valence-corrected chi connectivity index (χ1v) is 5.46. The average molecular weight is 233 g/mol. The molecule has 1 heterocycles. The van der Waals surface area contributed by atoms with Gasteiger partial charge in [-0.15, -0.1) is 0 Å². The van der Waals surface area contributed by atoms with Crippen molar-refractivity contribution in [2.24, 2.45) is 0 Å². The van der Waals surface area contributed by atoms with E-state index in [0.29, 0.717) is 6.01 Å². The summed E-state index contributed by atoms with van der Waals surface area (Å²) in [4.78, 5) is 0. The number of nitrogens with zero attached hydrogens (tertiary/aromatic N) is 4. The maximum Gasteiger partial charge on any atom is 0.340 e. The molecule has 17 heavy (non-hydrogen) atoms. The Labute approximate surface area is 99.6 Å². The van der Waals surface area contributed by atoms with Gasteiger partial charge in [-0.3, -0.25) is 0 Å². The van der Waals surface area contributed by atoms with Crippen molar-refractivity contribution in [2.45, 2.75) is 13.0 Å². The van der Waals surface area contributed by atoms with Crippen LogP contribution in [0, 0.1) is 0 Å². The molecule has 0 bridgehead atoms. The molecule has 1 aromatic heterocycles. The highest BCUT2D eigenvalue weighted by Crippen LogP contribution is 2.13. The van der Waals surface area contributed by atoms with Crippen molar-refractivity contribution in [3.63, 3.8) is 0 Å². The Hall–Kier alpha value is -1.95. The number of nitrogens with one attached hydrogen (secondary N) is 1. The number of ether oxygens (including phenoxy) is 1. The van der Waals surface area contributed by atoms with Gasteiger partial charge in [0.25, 0.3) is 0 Å². The minimum atomic E-state index is 0.00784.